The molecule has 186 valence electrons. The van der Waals surface area contributed by atoms with Crippen molar-refractivity contribution in [1.29, 1.82) is 0 Å². The van der Waals surface area contributed by atoms with E-state index in [-0.39, 0.29) is 11.8 Å². The molecule has 5 heteroatoms. The predicted molar refractivity (Wildman–Crippen MR) is 145 cm³/mol. The number of carbonyl (C=O) groups is 2. The van der Waals surface area contributed by atoms with Gasteiger partial charge in [0.15, 0.2) is 5.78 Å². The van der Waals surface area contributed by atoms with Gasteiger partial charge in [-0.3, -0.25) is 4.79 Å². The first-order valence-corrected chi connectivity index (χ1v) is 12.6. The van der Waals surface area contributed by atoms with Crippen LogP contribution in [0.4, 0.5) is 11.6 Å². The topological polar surface area (TPSA) is 59.8 Å². The second-order valence-corrected chi connectivity index (χ2v) is 9.02. The lowest BCUT2D eigenvalue weighted by Gasteiger charge is -2.26. The van der Waals surface area contributed by atoms with Crippen LogP contribution in [0.25, 0.3) is 11.3 Å². The Hall–Kier alpha value is -4.38. The molecule has 0 atom stereocenters. The molecule has 3 aromatic carbocycles. The van der Waals surface area contributed by atoms with Crippen LogP contribution in [0.15, 0.2) is 101 Å². The largest absolute Gasteiger partial charge is 0.462 e. The number of esters is 1. The van der Waals surface area contributed by atoms with Crippen LogP contribution in [-0.2, 0) is 11.2 Å². The van der Waals surface area contributed by atoms with Crippen LogP contribution in [0.3, 0.4) is 0 Å². The molecule has 0 saturated heterocycles. The number of ketones is 1. The van der Waals surface area contributed by atoms with Gasteiger partial charge in [-0.25, -0.2) is 4.79 Å². The minimum Gasteiger partial charge on any atom is -0.462 e. The van der Waals surface area contributed by atoms with Crippen molar-refractivity contribution in [1.82, 2.24) is 0 Å². The van der Waals surface area contributed by atoms with Crippen molar-refractivity contribution < 1.29 is 18.7 Å². The van der Waals surface area contributed by atoms with E-state index >= 15 is 0 Å². The average Bonchev–Trinajstić information content (AvgIpc) is 3.24. The lowest BCUT2D eigenvalue weighted by Crippen LogP contribution is -2.25. The molecule has 0 fully saturated rings. The number of ether oxygens (including phenoxy) is 1. The molecule has 0 radical (unpaired) electrons. The number of Topliss-reactive ketones (excluding diaryl/α,β-unsaturated/α-hetero) is 1. The van der Waals surface area contributed by atoms with Crippen molar-refractivity contribution in [2.75, 3.05) is 18.1 Å². The number of allylic oxidation sites excluding steroid dienone is 1. The van der Waals surface area contributed by atoms with Gasteiger partial charge in [-0.1, -0.05) is 66.7 Å². The van der Waals surface area contributed by atoms with E-state index in [0.29, 0.717) is 29.9 Å². The highest BCUT2D eigenvalue weighted by atomic mass is 16.5. The maximum Gasteiger partial charge on any atom is 0.338 e. The van der Waals surface area contributed by atoms with E-state index in [1.807, 2.05) is 83.8 Å². The Balaban J connectivity index is 1.59. The van der Waals surface area contributed by atoms with Crippen LogP contribution in [-0.4, -0.2) is 24.9 Å². The highest BCUT2D eigenvalue weighted by Crippen LogP contribution is 2.41. The molecule has 1 aromatic heterocycles. The van der Waals surface area contributed by atoms with E-state index in [0.717, 1.165) is 46.9 Å². The molecule has 5 rings (SSSR count). The Morgan fingerprint density at radius 2 is 1.57 bits per heavy atom. The zero-order valence-electron chi connectivity index (χ0n) is 21.1. The Labute approximate surface area is 217 Å². The van der Waals surface area contributed by atoms with Gasteiger partial charge in [0.1, 0.15) is 5.76 Å². The minimum atomic E-state index is -0.359. The van der Waals surface area contributed by atoms with Crippen molar-refractivity contribution in [3.05, 3.63) is 119 Å². The third kappa shape index (κ3) is 4.98. The molecular formula is C32H29NO4. The number of fused-ring (bicyclic) bond motifs is 1. The predicted octanol–water partition coefficient (Wildman–Crippen LogP) is 7.33. The van der Waals surface area contributed by atoms with Gasteiger partial charge in [0, 0.05) is 33.5 Å². The van der Waals surface area contributed by atoms with E-state index in [1.54, 1.807) is 19.1 Å². The molecule has 2 heterocycles. The quantitative estimate of drug-likeness (QED) is 0.209. The molecule has 1 aliphatic rings. The van der Waals surface area contributed by atoms with Gasteiger partial charge in [0.2, 0.25) is 5.88 Å². The Morgan fingerprint density at radius 1 is 0.892 bits per heavy atom. The van der Waals surface area contributed by atoms with Gasteiger partial charge in [-0.15, -0.1) is 0 Å². The fraction of sp³-hybridized carbons (Fsp3) is 0.188. The number of hydrogen-bond acceptors (Lipinski definition) is 5. The zero-order chi connectivity index (χ0) is 25.8. The Bertz CT molecular complexity index is 1430. The van der Waals surface area contributed by atoms with E-state index in [1.165, 1.54) is 0 Å². The molecule has 0 amide bonds. The summed E-state index contributed by atoms with van der Waals surface area (Å²) in [6, 6.07) is 26.7. The lowest BCUT2D eigenvalue weighted by molar-refractivity contribution is 0.0526. The smallest absolute Gasteiger partial charge is 0.338 e. The first kappa shape index (κ1) is 24.3. The van der Waals surface area contributed by atoms with Crippen LogP contribution < -0.4 is 4.90 Å². The zero-order valence-corrected chi connectivity index (χ0v) is 21.1. The van der Waals surface area contributed by atoms with Crippen molar-refractivity contribution in [3.63, 3.8) is 0 Å². The molecule has 0 spiro atoms. The number of rotatable bonds is 6. The summed E-state index contributed by atoms with van der Waals surface area (Å²) < 4.78 is 11.7. The normalized spacial score (nSPS) is 13.2. The van der Waals surface area contributed by atoms with Gasteiger partial charge in [-0.05, 0) is 51.0 Å². The van der Waals surface area contributed by atoms with Gasteiger partial charge in [0.25, 0.3) is 0 Å². The van der Waals surface area contributed by atoms with E-state index < -0.39 is 0 Å². The lowest BCUT2D eigenvalue weighted by atomic mass is 9.96. The molecule has 0 bridgehead atoms. The molecule has 0 unspecified atom stereocenters. The minimum absolute atomic E-state index is 0.00348. The number of hydrogen-bond donors (Lipinski definition) is 0. The summed E-state index contributed by atoms with van der Waals surface area (Å²) >= 11 is 0. The summed E-state index contributed by atoms with van der Waals surface area (Å²) in [5.74, 6) is 1.20. The molecule has 5 nitrogen and oxygen atoms in total. The standard InChI is InChI=1S/C32H29NO4/c1-3-36-32(35)25-17-19-27(20-18-25)33-21-26(29(34)23-11-6-4-7-12-23)15-10-16-28-22(2)30(37-31(28)33)24-13-8-5-9-14-24/h4-9,11-15,17-20H,3,10,16,21H2,1-2H3. The van der Waals surface area contributed by atoms with Crippen molar-refractivity contribution in [3.8, 4) is 11.3 Å². The fourth-order valence-electron chi connectivity index (χ4n) is 4.75. The number of benzene rings is 3. The fourth-order valence-corrected chi connectivity index (χ4v) is 4.75. The summed E-state index contributed by atoms with van der Waals surface area (Å²) in [5.41, 5.74) is 5.91. The average molecular weight is 492 g/mol. The SMILES string of the molecule is CCOC(=O)c1ccc(N2CC(C(=O)c3ccccc3)=CCCc3c2oc(-c2ccccc2)c3C)cc1. The molecule has 0 aliphatic carbocycles. The number of furan rings is 1. The van der Waals surface area contributed by atoms with Crippen LogP contribution in [0.2, 0.25) is 0 Å². The third-order valence-electron chi connectivity index (χ3n) is 6.66. The Kier molecular flexibility index (Phi) is 7.04. The van der Waals surface area contributed by atoms with Crippen molar-refractivity contribution in [2.45, 2.75) is 26.7 Å². The van der Waals surface area contributed by atoms with Gasteiger partial charge in [0.05, 0.1) is 18.7 Å². The van der Waals surface area contributed by atoms with Crippen LogP contribution in [0.5, 0.6) is 0 Å². The maximum absolute atomic E-state index is 13.5. The molecular weight excluding hydrogens is 462 g/mol. The van der Waals surface area contributed by atoms with E-state index in [9.17, 15) is 9.59 Å². The first-order chi connectivity index (χ1) is 18.1. The summed E-state index contributed by atoms with van der Waals surface area (Å²) in [6.45, 7) is 4.55. The molecule has 1 aliphatic heterocycles. The van der Waals surface area contributed by atoms with Crippen LogP contribution in [0, 0.1) is 6.92 Å². The monoisotopic (exact) mass is 491 g/mol. The summed E-state index contributed by atoms with van der Waals surface area (Å²) in [4.78, 5) is 27.7. The van der Waals surface area contributed by atoms with Crippen LogP contribution >= 0.6 is 0 Å². The van der Waals surface area contributed by atoms with E-state index in [2.05, 4.69) is 6.92 Å². The third-order valence-corrected chi connectivity index (χ3v) is 6.66. The molecule has 37 heavy (non-hydrogen) atoms. The van der Waals surface area contributed by atoms with Crippen molar-refractivity contribution in [2.24, 2.45) is 0 Å². The summed E-state index contributed by atoms with van der Waals surface area (Å²) in [7, 11) is 0. The summed E-state index contributed by atoms with van der Waals surface area (Å²) in [6.07, 6.45) is 3.54. The first-order valence-electron chi connectivity index (χ1n) is 12.6. The van der Waals surface area contributed by atoms with Gasteiger partial charge < -0.3 is 14.1 Å². The molecule has 0 N–H and O–H groups in total. The Morgan fingerprint density at radius 3 is 2.24 bits per heavy atom. The van der Waals surface area contributed by atoms with Gasteiger partial charge >= 0.3 is 5.97 Å². The molecule has 0 saturated carbocycles. The van der Waals surface area contributed by atoms with E-state index in [4.69, 9.17) is 9.15 Å². The molecule has 4 aromatic rings. The highest BCUT2D eigenvalue weighted by molar-refractivity contribution is 6.09. The highest BCUT2D eigenvalue weighted by Gasteiger charge is 2.28. The number of carbonyl (C=O) groups excluding carboxylic acids is 2. The number of nitrogens with zero attached hydrogens (tertiary/aromatic N) is 1. The summed E-state index contributed by atoms with van der Waals surface area (Å²) in [5, 5.41) is 0. The van der Waals surface area contributed by atoms with Crippen LogP contribution in [0.1, 0.15) is 45.2 Å². The second-order valence-electron chi connectivity index (χ2n) is 9.02. The van der Waals surface area contributed by atoms with Gasteiger partial charge in [-0.2, -0.15) is 0 Å². The number of anilines is 2. The second kappa shape index (κ2) is 10.7. The van der Waals surface area contributed by atoms with Crippen molar-refractivity contribution >= 4 is 23.3 Å². The maximum atomic E-state index is 13.5.